The van der Waals surface area contributed by atoms with Crippen LogP contribution in [0.2, 0.25) is 0 Å². The van der Waals surface area contributed by atoms with Gasteiger partial charge >= 0.3 is 0 Å². The van der Waals surface area contributed by atoms with Crippen molar-refractivity contribution in [2.24, 2.45) is 0 Å². The number of hydrogen-bond acceptors (Lipinski definition) is 3. The van der Waals surface area contributed by atoms with Crippen LogP contribution in [0.3, 0.4) is 0 Å². The van der Waals surface area contributed by atoms with E-state index in [0.29, 0.717) is 5.56 Å². The molecule has 0 bridgehead atoms. The molecule has 5 heteroatoms. The molecule has 0 radical (unpaired) electrons. The van der Waals surface area contributed by atoms with E-state index < -0.39 is 0 Å². The zero-order chi connectivity index (χ0) is 12.4. The van der Waals surface area contributed by atoms with E-state index >= 15 is 0 Å². The SMILES string of the molecule is Cc1ccc(C)c(NC(=O)c2cn[nH]c2N)c1. The van der Waals surface area contributed by atoms with E-state index in [4.69, 9.17) is 5.73 Å². The minimum Gasteiger partial charge on any atom is -0.383 e. The van der Waals surface area contributed by atoms with E-state index in [0.717, 1.165) is 16.8 Å². The van der Waals surface area contributed by atoms with Gasteiger partial charge in [-0.15, -0.1) is 0 Å². The number of rotatable bonds is 2. The number of amides is 1. The van der Waals surface area contributed by atoms with Crippen LogP contribution in [-0.4, -0.2) is 16.1 Å². The first-order valence-corrected chi connectivity index (χ1v) is 5.25. The monoisotopic (exact) mass is 230 g/mol. The number of H-pyrrole nitrogens is 1. The van der Waals surface area contributed by atoms with Crippen molar-refractivity contribution in [3.8, 4) is 0 Å². The van der Waals surface area contributed by atoms with E-state index in [2.05, 4.69) is 15.5 Å². The van der Waals surface area contributed by atoms with Gasteiger partial charge in [-0.1, -0.05) is 12.1 Å². The fraction of sp³-hybridized carbons (Fsp3) is 0.167. The van der Waals surface area contributed by atoms with Crippen molar-refractivity contribution in [2.45, 2.75) is 13.8 Å². The first kappa shape index (κ1) is 11.2. The van der Waals surface area contributed by atoms with Gasteiger partial charge in [0.1, 0.15) is 11.4 Å². The highest BCUT2D eigenvalue weighted by molar-refractivity contribution is 6.07. The van der Waals surface area contributed by atoms with Crippen LogP contribution >= 0.6 is 0 Å². The number of aromatic amines is 1. The summed E-state index contributed by atoms with van der Waals surface area (Å²) in [5, 5.41) is 9.06. The number of benzene rings is 1. The molecule has 88 valence electrons. The van der Waals surface area contributed by atoms with Crippen LogP contribution in [0.25, 0.3) is 0 Å². The third-order valence-corrected chi connectivity index (χ3v) is 2.55. The molecule has 1 aromatic carbocycles. The van der Waals surface area contributed by atoms with Crippen molar-refractivity contribution < 1.29 is 4.79 Å². The van der Waals surface area contributed by atoms with Crippen LogP contribution in [0.4, 0.5) is 11.5 Å². The second-order valence-corrected chi connectivity index (χ2v) is 3.97. The number of nitrogen functional groups attached to an aromatic ring is 1. The highest BCUT2D eigenvalue weighted by atomic mass is 16.1. The lowest BCUT2D eigenvalue weighted by molar-refractivity contribution is 0.102. The molecule has 1 aromatic heterocycles. The zero-order valence-electron chi connectivity index (χ0n) is 9.74. The lowest BCUT2D eigenvalue weighted by Crippen LogP contribution is -2.13. The van der Waals surface area contributed by atoms with Gasteiger partial charge in [-0.25, -0.2) is 0 Å². The Morgan fingerprint density at radius 1 is 1.41 bits per heavy atom. The normalized spacial score (nSPS) is 10.2. The van der Waals surface area contributed by atoms with Crippen molar-refractivity contribution in [3.05, 3.63) is 41.1 Å². The molecule has 0 spiro atoms. The molecule has 0 fully saturated rings. The average Bonchev–Trinajstić information content (AvgIpc) is 2.70. The average molecular weight is 230 g/mol. The molecular formula is C12H14N4O. The van der Waals surface area contributed by atoms with Crippen molar-refractivity contribution in [2.75, 3.05) is 11.1 Å². The van der Waals surface area contributed by atoms with Gasteiger partial charge in [-0.2, -0.15) is 5.10 Å². The van der Waals surface area contributed by atoms with Crippen LogP contribution < -0.4 is 11.1 Å². The Labute approximate surface area is 99.0 Å². The number of hydrogen-bond donors (Lipinski definition) is 3. The van der Waals surface area contributed by atoms with Gasteiger partial charge in [0.15, 0.2) is 0 Å². The van der Waals surface area contributed by atoms with Crippen LogP contribution in [0.1, 0.15) is 21.5 Å². The summed E-state index contributed by atoms with van der Waals surface area (Å²) in [6, 6.07) is 5.88. The van der Waals surface area contributed by atoms with Crippen LogP contribution in [0.5, 0.6) is 0 Å². The summed E-state index contributed by atoms with van der Waals surface area (Å²) in [5.41, 5.74) is 8.82. The molecule has 17 heavy (non-hydrogen) atoms. The van der Waals surface area contributed by atoms with E-state index in [-0.39, 0.29) is 11.7 Å². The lowest BCUT2D eigenvalue weighted by Gasteiger charge is -2.08. The van der Waals surface area contributed by atoms with Gasteiger partial charge in [0.2, 0.25) is 0 Å². The fourth-order valence-corrected chi connectivity index (χ4v) is 1.54. The molecule has 0 saturated heterocycles. The first-order valence-electron chi connectivity index (χ1n) is 5.25. The van der Waals surface area contributed by atoms with Crippen molar-refractivity contribution in [1.82, 2.24) is 10.2 Å². The molecule has 0 unspecified atom stereocenters. The highest BCUT2D eigenvalue weighted by Gasteiger charge is 2.12. The first-order chi connectivity index (χ1) is 8.08. The zero-order valence-corrected chi connectivity index (χ0v) is 9.74. The second kappa shape index (κ2) is 4.29. The van der Waals surface area contributed by atoms with Crippen LogP contribution in [0, 0.1) is 13.8 Å². The summed E-state index contributed by atoms with van der Waals surface area (Å²) in [5.74, 6) is 0.0118. The van der Waals surface area contributed by atoms with Crippen molar-refractivity contribution in [3.63, 3.8) is 0 Å². The van der Waals surface area contributed by atoms with Crippen molar-refractivity contribution >= 4 is 17.4 Å². The summed E-state index contributed by atoms with van der Waals surface area (Å²) in [4.78, 5) is 11.9. The molecule has 0 aliphatic heterocycles. The molecule has 0 saturated carbocycles. The number of carbonyl (C=O) groups excluding carboxylic acids is 1. The topological polar surface area (TPSA) is 83.8 Å². The third-order valence-electron chi connectivity index (χ3n) is 2.55. The Morgan fingerprint density at radius 2 is 2.18 bits per heavy atom. The molecule has 1 amide bonds. The largest absolute Gasteiger partial charge is 0.383 e. The maximum Gasteiger partial charge on any atom is 0.261 e. The number of nitrogens with zero attached hydrogens (tertiary/aromatic N) is 1. The lowest BCUT2D eigenvalue weighted by atomic mass is 10.1. The molecule has 1 heterocycles. The fourth-order valence-electron chi connectivity index (χ4n) is 1.54. The predicted molar refractivity (Wildman–Crippen MR) is 66.9 cm³/mol. The van der Waals surface area contributed by atoms with Crippen LogP contribution in [-0.2, 0) is 0 Å². The molecule has 2 aromatic rings. The van der Waals surface area contributed by atoms with E-state index in [1.54, 1.807) is 0 Å². The smallest absolute Gasteiger partial charge is 0.261 e. The Balaban J connectivity index is 2.24. The number of carbonyl (C=O) groups is 1. The Hall–Kier alpha value is -2.30. The number of aryl methyl sites for hydroxylation is 2. The Bertz CT molecular complexity index is 559. The molecule has 0 aliphatic rings. The highest BCUT2D eigenvalue weighted by Crippen LogP contribution is 2.18. The summed E-state index contributed by atoms with van der Waals surface area (Å²) >= 11 is 0. The van der Waals surface area contributed by atoms with Gasteiger partial charge in [-0.05, 0) is 31.0 Å². The Morgan fingerprint density at radius 3 is 2.82 bits per heavy atom. The Kier molecular flexibility index (Phi) is 2.82. The number of anilines is 2. The minimum atomic E-state index is -0.259. The van der Waals surface area contributed by atoms with Crippen LogP contribution in [0.15, 0.2) is 24.4 Å². The molecular weight excluding hydrogens is 216 g/mol. The standard InChI is InChI=1S/C12H14N4O/c1-7-3-4-8(2)10(5-7)15-12(17)9-6-14-16-11(9)13/h3-6H,1-2H3,(H,15,17)(H3,13,14,16). The summed E-state index contributed by atoms with van der Waals surface area (Å²) in [6.45, 7) is 3.91. The van der Waals surface area contributed by atoms with Gasteiger partial charge in [0.05, 0.1) is 6.20 Å². The predicted octanol–water partition coefficient (Wildman–Crippen LogP) is 1.86. The molecule has 0 atom stereocenters. The number of aromatic nitrogens is 2. The maximum absolute atomic E-state index is 11.9. The molecule has 5 nitrogen and oxygen atoms in total. The summed E-state index contributed by atoms with van der Waals surface area (Å²) < 4.78 is 0. The van der Waals surface area contributed by atoms with E-state index in [9.17, 15) is 4.79 Å². The minimum absolute atomic E-state index is 0.259. The quantitative estimate of drug-likeness (QED) is 0.736. The maximum atomic E-state index is 11.9. The number of nitrogens with two attached hydrogens (primary N) is 1. The van der Waals surface area contributed by atoms with E-state index in [1.807, 2.05) is 32.0 Å². The van der Waals surface area contributed by atoms with Gasteiger partial charge in [0, 0.05) is 5.69 Å². The molecule has 4 N–H and O–H groups in total. The number of nitrogens with one attached hydrogen (secondary N) is 2. The van der Waals surface area contributed by atoms with Gasteiger partial charge < -0.3 is 11.1 Å². The van der Waals surface area contributed by atoms with E-state index in [1.165, 1.54) is 6.20 Å². The molecule has 0 aliphatic carbocycles. The van der Waals surface area contributed by atoms with Crippen molar-refractivity contribution in [1.29, 1.82) is 0 Å². The van der Waals surface area contributed by atoms with Gasteiger partial charge in [0.25, 0.3) is 5.91 Å². The summed E-state index contributed by atoms with van der Waals surface area (Å²) in [7, 11) is 0. The second-order valence-electron chi connectivity index (χ2n) is 3.97. The molecule has 2 rings (SSSR count). The third kappa shape index (κ3) is 2.28. The summed E-state index contributed by atoms with van der Waals surface area (Å²) in [6.07, 6.45) is 1.41. The van der Waals surface area contributed by atoms with Gasteiger partial charge in [-0.3, -0.25) is 9.89 Å².